The zero-order chi connectivity index (χ0) is 40.7. The Morgan fingerprint density at radius 2 is 0.904 bits per heavy atom. The summed E-state index contributed by atoms with van der Waals surface area (Å²) in [6.07, 6.45) is 0. The molecule has 0 saturated carbocycles. The first-order valence-electron chi connectivity index (χ1n) is 15.5. The van der Waals surface area contributed by atoms with E-state index in [1.165, 1.54) is 0 Å². The lowest BCUT2D eigenvalue weighted by Crippen LogP contribution is -2.21. The summed E-state index contributed by atoms with van der Waals surface area (Å²) in [6.45, 7) is 20.2. The van der Waals surface area contributed by atoms with Crippen molar-refractivity contribution in [3.8, 4) is 11.5 Å². The fourth-order valence-corrected chi connectivity index (χ4v) is 4.72. The van der Waals surface area contributed by atoms with E-state index >= 15 is 0 Å². The van der Waals surface area contributed by atoms with Crippen molar-refractivity contribution in [2.45, 2.75) is 83.1 Å². The third-order valence-electron chi connectivity index (χ3n) is 8.55. The number of aromatic nitrogens is 4. The molecule has 8 N–H and O–H groups in total. The SMILES string of the molecule is Cc1[nH]c(=O)c(C(=O)O)c(C)c1C.Cc1[nH]c(C)c(C(=O)O)c(=O)c1C.Cc1nc(C(=O)O)c(O)c(C)c1C.Cc1nc(C)c(O)c(C(=O)O)c1C. The van der Waals surface area contributed by atoms with Gasteiger partial charge in [0.15, 0.2) is 22.6 Å². The number of rotatable bonds is 4. The van der Waals surface area contributed by atoms with Crippen molar-refractivity contribution in [2.24, 2.45) is 0 Å². The van der Waals surface area contributed by atoms with E-state index in [1.807, 2.05) is 0 Å². The molecule has 0 spiro atoms. The third kappa shape index (κ3) is 9.89. The van der Waals surface area contributed by atoms with Gasteiger partial charge in [-0.1, -0.05) is 0 Å². The Labute approximate surface area is 298 Å². The summed E-state index contributed by atoms with van der Waals surface area (Å²) in [5.74, 6) is -5.16. The van der Waals surface area contributed by atoms with Crippen LogP contribution in [0.15, 0.2) is 9.59 Å². The molecule has 0 bridgehead atoms. The van der Waals surface area contributed by atoms with Gasteiger partial charge in [0, 0.05) is 34.0 Å². The Balaban J connectivity index is 0.000000347. The molecule has 0 aliphatic carbocycles. The maximum Gasteiger partial charge on any atom is 0.358 e. The molecule has 16 heteroatoms. The third-order valence-corrected chi connectivity index (χ3v) is 8.55. The lowest BCUT2D eigenvalue weighted by atomic mass is 10.0. The Morgan fingerprint density at radius 3 is 1.37 bits per heavy atom. The molecule has 0 amide bonds. The predicted molar refractivity (Wildman–Crippen MR) is 191 cm³/mol. The zero-order valence-corrected chi connectivity index (χ0v) is 31.0. The first-order valence-corrected chi connectivity index (χ1v) is 15.5. The zero-order valence-electron chi connectivity index (χ0n) is 31.0. The second kappa shape index (κ2) is 17.6. The van der Waals surface area contributed by atoms with E-state index in [0.717, 1.165) is 11.1 Å². The van der Waals surface area contributed by atoms with Crippen molar-refractivity contribution in [1.82, 2.24) is 19.9 Å². The molecule has 0 fully saturated rings. The van der Waals surface area contributed by atoms with Crippen LogP contribution in [-0.2, 0) is 0 Å². The summed E-state index contributed by atoms with van der Waals surface area (Å²) in [7, 11) is 0. The predicted octanol–water partition coefficient (Wildman–Crippen LogP) is 4.82. The van der Waals surface area contributed by atoms with Gasteiger partial charge in [0.05, 0.1) is 5.69 Å². The van der Waals surface area contributed by atoms with E-state index in [-0.39, 0.29) is 33.9 Å². The number of aromatic amines is 2. The Hall–Kier alpha value is -6.32. The highest BCUT2D eigenvalue weighted by Gasteiger charge is 2.19. The number of pyridine rings is 4. The first-order chi connectivity index (χ1) is 23.8. The van der Waals surface area contributed by atoms with Crippen LogP contribution in [-0.4, -0.2) is 74.5 Å². The van der Waals surface area contributed by atoms with Gasteiger partial charge in [-0.3, -0.25) is 14.6 Å². The van der Waals surface area contributed by atoms with Gasteiger partial charge >= 0.3 is 23.9 Å². The van der Waals surface area contributed by atoms with Gasteiger partial charge in [0.2, 0.25) is 0 Å². The standard InChI is InChI=1S/4C9H11NO3/c1-4-5(2)10-6(3)7(8(4)11)9(12)13;1-4-5(2)10-6(3)8(11)7(4)9(12)13;1-4-5(2)8(11)7(9(12)13)10-6(4)3;1-4-5(2)7(9(12)13)8(11)10-6(4)3/h1-3H3,(H,10,11)(H,12,13);2*11H,1-3H3,(H,12,13);1-3H3,(H,10,11)(H,12,13). The fraction of sp³-hybridized carbons (Fsp3) is 0.333. The van der Waals surface area contributed by atoms with Crippen molar-refractivity contribution < 1.29 is 49.8 Å². The van der Waals surface area contributed by atoms with Gasteiger partial charge in [-0.2, -0.15) is 0 Å². The second-order valence-electron chi connectivity index (χ2n) is 11.9. The second-order valence-corrected chi connectivity index (χ2v) is 11.9. The molecule has 16 nitrogen and oxygen atoms in total. The lowest BCUT2D eigenvalue weighted by molar-refractivity contribution is 0.0677. The largest absolute Gasteiger partial charge is 0.505 e. The van der Waals surface area contributed by atoms with Crippen LogP contribution in [0.4, 0.5) is 0 Å². The average Bonchev–Trinajstić information content (AvgIpc) is 3.02. The monoisotopic (exact) mass is 724 g/mol. The highest BCUT2D eigenvalue weighted by atomic mass is 16.4. The Kier molecular flexibility index (Phi) is 14.8. The van der Waals surface area contributed by atoms with Gasteiger partial charge in [-0.15, -0.1) is 0 Å². The van der Waals surface area contributed by atoms with E-state index in [2.05, 4.69) is 19.9 Å². The lowest BCUT2D eigenvalue weighted by Gasteiger charge is -2.08. The van der Waals surface area contributed by atoms with Crippen LogP contribution in [0.3, 0.4) is 0 Å². The first kappa shape index (κ1) is 43.7. The van der Waals surface area contributed by atoms with E-state index < -0.39 is 34.9 Å². The summed E-state index contributed by atoms with van der Waals surface area (Å²) >= 11 is 0. The fourth-order valence-electron chi connectivity index (χ4n) is 4.72. The molecule has 280 valence electrons. The Bertz CT molecular complexity index is 2160. The average molecular weight is 725 g/mol. The number of carboxylic acids is 4. The summed E-state index contributed by atoms with van der Waals surface area (Å²) in [5.41, 5.74) is 5.57. The molecule has 4 rings (SSSR count). The van der Waals surface area contributed by atoms with Crippen molar-refractivity contribution in [2.75, 3.05) is 0 Å². The normalized spacial score (nSPS) is 10.1. The Morgan fingerprint density at radius 1 is 0.442 bits per heavy atom. The quantitative estimate of drug-likeness (QED) is 0.140. The molecule has 0 unspecified atom stereocenters. The van der Waals surface area contributed by atoms with Crippen LogP contribution in [0, 0.1) is 83.1 Å². The highest BCUT2D eigenvalue weighted by molar-refractivity contribution is 5.93. The summed E-state index contributed by atoms with van der Waals surface area (Å²) in [6, 6.07) is 0. The molecule has 0 saturated heterocycles. The molecule has 4 aromatic rings. The summed E-state index contributed by atoms with van der Waals surface area (Å²) in [4.78, 5) is 78.5. The van der Waals surface area contributed by atoms with Crippen LogP contribution in [0.5, 0.6) is 11.5 Å². The van der Waals surface area contributed by atoms with Crippen molar-refractivity contribution >= 4 is 23.9 Å². The maximum atomic E-state index is 11.5. The topological polar surface area (TPSA) is 281 Å². The van der Waals surface area contributed by atoms with Crippen LogP contribution in [0.2, 0.25) is 0 Å². The molecule has 52 heavy (non-hydrogen) atoms. The van der Waals surface area contributed by atoms with Crippen molar-refractivity contribution in [1.29, 1.82) is 0 Å². The number of H-pyrrole nitrogens is 2. The molecule has 0 aromatic carbocycles. The van der Waals surface area contributed by atoms with E-state index in [9.17, 15) is 39.0 Å². The number of hydrogen-bond donors (Lipinski definition) is 8. The molecule has 0 aliphatic heterocycles. The summed E-state index contributed by atoms with van der Waals surface area (Å²) in [5, 5.41) is 53.8. The number of aryl methyl sites for hydroxylation is 6. The van der Waals surface area contributed by atoms with E-state index in [1.54, 1.807) is 83.1 Å². The van der Waals surface area contributed by atoms with Crippen LogP contribution in [0.25, 0.3) is 0 Å². The summed E-state index contributed by atoms with van der Waals surface area (Å²) < 4.78 is 0. The maximum absolute atomic E-state index is 11.5. The molecule has 4 heterocycles. The van der Waals surface area contributed by atoms with Crippen molar-refractivity contribution in [3.05, 3.63) is 111 Å². The number of aromatic hydroxyl groups is 2. The van der Waals surface area contributed by atoms with Gasteiger partial charge in [-0.25, -0.2) is 24.2 Å². The molecular weight excluding hydrogens is 680 g/mol. The number of hydrogen-bond acceptors (Lipinski definition) is 10. The molecule has 4 aromatic heterocycles. The van der Waals surface area contributed by atoms with E-state index in [0.29, 0.717) is 56.4 Å². The van der Waals surface area contributed by atoms with Crippen LogP contribution >= 0.6 is 0 Å². The highest BCUT2D eigenvalue weighted by Crippen LogP contribution is 2.26. The number of nitrogens with zero attached hydrogens (tertiary/aromatic N) is 2. The minimum atomic E-state index is -1.20. The smallest absolute Gasteiger partial charge is 0.358 e. The van der Waals surface area contributed by atoms with E-state index in [4.69, 9.17) is 20.4 Å². The minimum Gasteiger partial charge on any atom is -0.505 e. The van der Waals surface area contributed by atoms with Gasteiger partial charge in [0.1, 0.15) is 16.7 Å². The van der Waals surface area contributed by atoms with Gasteiger partial charge in [0.25, 0.3) is 5.56 Å². The molecule has 0 radical (unpaired) electrons. The van der Waals surface area contributed by atoms with Crippen LogP contribution < -0.4 is 11.0 Å². The van der Waals surface area contributed by atoms with Gasteiger partial charge < -0.3 is 40.6 Å². The number of carboxylic acid groups (broad SMARTS) is 4. The van der Waals surface area contributed by atoms with Gasteiger partial charge in [-0.05, 0) is 111 Å². The minimum absolute atomic E-state index is 0.0509. The number of aromatic carboxylic acids is 4. The molecule has 0 atom stereocenters. The molecular formula is C36H44N4O12. The van der Waals surface area contributed by atoms with Crippen LogP contribution in [0.1, 0.15) is 109 Å². The molecule has 0 aliphatic rings. The number of carbonyl (C=O) groups is 4. The number of nitrogens with one attached hydrogen (secondary N) is 2. The van der Waals surface area contributed by atoms with Crippen molar-refractivity contribution in [3.63, 3.8) is 0 Å².